The summed E-state index contributed by atoms with van der Waals surface area (Å²) < 4.78 is 60.9. The Bertz CT molecular complexity index is 434. The fraction of sp³-hybridized carbons (Fsp3) is 0.818. The maximum Gasteiger partial charge on any atom is 0.402 e. The van der Waals surface area contributed by atoms with E-state index in [0.717, 1.165) is 6.26 Å². The van der Waals surface area contributed by atoms with Crippen LogP contribution < -0.4 is 0 Å². The number of likely N-dealkylation sites (tertiary alicyclic amines) is 1. The highest BCUT2D eigenvalue weighted by Gasteiger charge is 2.39. The van der Waals surface area contributed by atoms with Gasteiger partial charge >= 0.3 is 6.18 Å². The van der Waals surface area contributed by atoms with Crippen molar-refractivity contribution in [3.63, 3.8) is 0 Å². The molecule has 0 unspecified atom stereocenters. The average molecular weight is 298 g/mol. The lowest BCUT2D eigenvalue weighted by molar-refractivity contribution is -0.140. The first-order valence-electron chi connectivity index (χ1n) is 5.83. The molecule has 0 aliphatic carbocycles. The number of alkyl halides is 3. The fourth-order valence-electron chi connectivity index (χ4n) is 2.19. The first kappa shape index (κ1) is 16.3. The second-order valence-corrected chi connectivity index (χ2v) is 6.57. The first-order valence-corrected chi connectivity index (χ1v) is 7.67. The molecule has 0 radical (unpaired) electrons. The van der Waals surface area contributed by atoms with Crippen LogP contribution in [0, 0.1) is 12.3 Å². The number of piperidine rings is 1. The van der Waals surface area contributed by atoms with Crippen molar-refractivity contribution in [2.45, 2.75) is 25.1 Å². The van der Waals surface area contributed by atoms with Crippen molar-refractivity contribution >= 4 is 10.0 Å². The van der Waals surface area contributed by atoms with Crippen LogP contribution in [0.2, 0.25) is 0 Å². The van der Waals surface area contributed by atoms with Crippen molar-refractivity contribution in [3.05, 3.63) is 0 Å². The second-order valence-electron chi connectivity index (χ2n) is 4.63. The zero-order valence-electron chi connectivity index (χ0n) is 10.7. The zero-order chi connectivity index (χ0) is 14.7. The van der Waals surface area contributed by atoms with Crippen LogP contribution in [-0.4, -0.2) is 62.3 Å². The summed E-state index contributed by atoms with van der Waals surface area (Å²) in [6, 6.07) is -0.606. The van der Waals surface area contributed by atoms with Gasteiger partial charge in [-0.05, 0) is 12.8 Å². The summed E-state index contributed by atoms with van der Waals surface area (Å²) in [5.41, 5.74) is 0. The van der Waals surface area contributed by atoms with E-state index in [9.17, 15) is 21.6 Å². The minimum Gasteiger partial charge on any atom is -0.292 e. The fourth-order valence-corrected chi connectivity index (χ4v) is 3.32. The minimum absolute atomic E-state index is 0.366. The van der Waals surface area contributed by atoms with Crippen molar-refractivity contribution in [2.24, 2.45) is 0 Å². The molecule has 0 aromatic rings. The Kier molecular flexibility index (Phi) is 5.24. The molecule has 0 spiro atoms. The third-order valence-electron chi connectivity index (χ3n) is 3.04. The highest BCUT2D eigenvalue weighted by Crippen LogP contribution is 2.24. The zero-order valence-corrected chi connectivity index (χ0v) is 11.5. The predicted molar refractivity (Wildman–Crippen MR) is 65.9 cm³/mol. The Morgan fingerprint density at radius 3 is 2.26 bits per heavy atom. The van der Waals surface area contributed by atoms with Gasteiger partial charge in [-0.25, -0.2) is 8.42 Å². The minimum atomic E-state index is -4.53. The molecule has 0 saturated carbocycles. The van der Waals surface area contributed by atoms with Crippen LogP contribution in [0.4, 0.5) is 13.2 Å². The molecule has 1 saturated heterocycles. The van der Waals surface area contributed by atoms with Crippen molar-refractivity contribution in [2.75, 3.05) is 32.4 Å². The summed E-state index contributed by atoms with van der Waals surface area (Å²) in [6.07, 6.45) is 2.17. The van der Waals surface area contributed by atoms with Gasteiger partial charge in [-0.1, -0.05) is 5.92 Å². The monoisotopic (exact) mass is 298 g/mol. The number of hydrogen-bond acceptors (Lipinski definition) is 3. The van der Waals surface area contributed by atoms with E-state index < -0.39 is 28.8 Å². The molecule has 0 aromatic carbocycles. The molecule has 0 N–H and O–H groups in total. The lowest BCUT2D eigenvalue weighted by atomic mass is 10.1. The average Bonchev–Trinajstić information content (AvgIpc) is 2.25. The van der Waals surface area contributed by atoms with Crippen LogP contribution >= 0.6 is 0 Å². The van der Waals surface area contributed by atoms with E-state index in [-0.39, 0.29) is 0 Å². The molecule has 0 aromatic heterocycles. The van der Waals surface area contributed by atoms with E-state index in [0.29, 0.717) is 36.8 Å². The van der Waals surface area contributed by atoms with Gasteiger partial charge in [-0.2, -0.15) is 17.5 Å². The van der Waals surface area contributed by atoms with Gasteiger partial charge in [0, 0.05) is 19.1 Å². The van der Waals surface area contributed by atoms with Gasteiger partial charge in [0.15, 0.2) is 0 Å². The molecule has 1 aliphatic rings. The number of rotatable bonds is 4. The molecule has 0 atom stereocenters. The van der Waals surface area contributed by atoms with E-state index in [2.05, 4.69) is 5.92 Å². The van der Waals surface area contributed by atoms with E-state index in [4.69, 9.17) is 6.42 Å². The van der Waals surface area contributed by atoms with Crippen LogP contribution in [0.1, 0.15) is 12.8 Å². The maximum absolute atomic E-state index is 12.4. The summed E-state index contributed by atoms with van der Waals surface area (Å²) in [4.78, 5) is 1.92. The van der Waals surface area contributed by atoms with Gasteiger partial charge in [0.05, 0.1) is 12.8 Å². The van der Waals surface area contributed by atoms with Crippen molar-refractivity contribution in [1.29, 1.82) is 0 Å². The van der Waals surface area contributed by atoms with Crippen LogP contribution in [0.25, 0.3) is 0 Å². The number of terminal acetylenes is 1. The Morgan fingerprint density at radius 1 is 1.37 bits per heavy atom. The van der Waals surface area contributed by atoms with Crippen molar-refractivity contribution in [3.8, 4) is 12.3 Å². The van der Waals surface area contributed by atoms with Gasteiger partial charge in [-0.3, -0.25) is 4.90 Å². The summed E-state index contributed by atoms with van der Waals surface area (Å²) in [7, 11) is -3.87. The van der Waals surface area contributed by atoms with Crippen molar-refractivity contribution < 1.29 is 21.6 Å². The summed E-state index contributed by atoms with van der Waals surface area (Å²) >= 11 is 0. The van der Waals surface area contributed by atoms with Crippen LogP contribution in [-0.2, 0) is 10.0 Å². The summed E-state index contributed by atoms with van der Waals surface area (Å²) in [6.45, 7) is 0.0357. The third kappa shape index (κ3) is 5.38. The van der Waals surface area contributed by atoms with Gasteiger partial charge in [0.25, 0.3) is 0 Å². The van der Waals surface area contributed by atoms with E-state index in [1.54, 1.807) is 0 Å². The number of halogens is 3. The molecule has 8 heteroatoms. The van der Waals surface area contributed by atoms with Crippen LogP contribution in [0.15, 0.2) is 0 Å². The maximum atomic E-state index is 12.4. The summed E-state index contributed by atoms with van der Waals surface area (Å²) in [5.74, 6) is 2.46. The standard InChI is InChI=1S/C11H17F3N2O2S/c1-3-6-15-7-4-10(5-8-15)16(19(2,17)18)9-11(12,13)14/h1,10H,4-9H2,2H3. The SMILES string of the molecule is C#CCN1CCC(N(CC(F)(F)F)S(C)(=O)=O)CC1. The molecular formula is C11H17F3N2O2S. The second kappa shape index (κ2) is 6.11. The Morgan fingerprint density at radius 2 is 1.89 bits per heavy atom. The molecular weight excluding hydrogens is 281 g/mol. The molecule has 0 amide bonds. The van der Waals surface area contributed by atoms with E-state index >= 15 is 0 Å². The molecule has 1 aliphatic heterocycles. The van der Waals surface area contributed by atoms with Gasteiger partial charge < -0.3 is 0 Å². The molecule has 4 nitrogen and oxygen atoms in total. The first-order chi connectivity index (χ1) is 8.63. The Balaban J connectivity index is 2.72. The van der Waals surface area contributed by atoms with Crippen molar-refractivity contribution in [1.82, 2.24) is 9.21 Å². The predicted octanol–water partition coefficient (Wildman–Crippen LogP) is 0.908. The highest BCUT2D eigenvalue weighted by molar-refractivity contribution is 7.88. The number of nitrogens with zero attached hydrogens (tertiary/aromatic N) is 2. The Labute approximate surface area is 111 Å². The van der Waals surface area contributed by atoms with Crippen LogP contribution in [0.3, 0.4) is 0 Å². The largest absolute Gasteiger partial charge is 0.402 e. The molecule has 0 bridgehead atoms. The quantitative estimate of drug-likeness (QED) is 0.724. The topological polar surface area (TPSA) is 40.6 Å². The van der Waals surface area contributed by atoms with Gasteiger partial charge in [-0.15, -0.1) is 6.42 Å². The van der Waals surface area contributed by atoms with Gasteiger partial charge in [0.1, 0.15) is 6.54 Å². The normalized spacial score (nSPS) is 19.6. The van der Waals surface area contributed by atoms with E-state index in [1.807, 2.05) is 4.90 Å². The molecule has 1 fully saturated rings. The van der Waals surface area contributed by atoms with E-state index in [1.165, 1.54) is 0 Å². The van der Waals surface area contributed by atoms with Gasteiger partial charge in [0.2, 0.25) is 10.0 Å². The highest BCUT2D eigenvalue weighted by atomic mass is 32.2. The number of hydrogen-bond donors (Lipinski definition) is 0. The smallest absolute Gasteiger partial charge is 0.292 e. The molecule has 110 valence electrons. The molecule has 1 rings (SSSR count). The summed E-state index contributed by atoms with van der Waals surface area (Å²) in [5, 5.41) is 0. The lowest BCUT2D eigenvalue weighted by Gasteiger charge is -2.36. The third-order valence-corrected chi connectivity index (χ3v) is 4.32. The molecule has 19 heavy (non-hydrogen) atoms. The Hall–Kier alpha value is -0.780. The lowest BCUT2D eigenvalue weighted by Crippen LogP contribution is -2.50. The van der Waals surface area contributed by atoms with Crippen LogP contribution in [0.5, 0.6) is 0 Å². The number of sulfonamides is 1. The molecule has 1 heterocycles.